The smallest absolute Gasteiger partial charge is 0.0626 e. The number of nitrogens with zero attached hydrogens (tertiary/aromatic N) is 1. The maximum absolute atomic E-state index is 2.55. The van der Waals surface area contributed by atoms with E-state index in [4.69, 9.17) is 0 Å². The normalized spacial score (nSPS) is 12.1. The van der Waals surface area contributed by atoms with Crippen molar-refractivity contribution in [3.05, 3.63) is 152 Å². The molecule has 0 aliphatic heterocycles. The van der Waals surface area contributed by atoms with Crippen LogP contribution >= 0.6 is 11.3 Å². The molecular weight excluding hydrogens is 551 g/mol. The Bertz CT molecular complexity index is 2760. The Balaban J connectivity index is 1.50. The average molecular weight is 576 g/mol. The molecule has 2 aromatic heterocycles. The van der Waals surface area contributed by atoms with Gasteiger partial charge in [0.2, 0.25) is 0 Å². The van der Waals surface area contributed by atoms with E-state index >= 15 is 0 Å². The molecule has 2 heterocycles. The molecule has 8 aromatic carbocycles. The molecule has 0 aliphatic rings. The van der Waals surface area contributed by atoms with Crippen molar-refractivity contribution in [3.63, 3.8) is 0 Å². The minimum Gasteiger partial charge on any atom is -0.308 e. The molecule has 0 N–H and O–H groups in total. The number of aromatic nitrogens is 1. The molecule has 0 radical (unpaired) electrons. The van der Waals surface area contributed by atoms with Crippen LogP contribution in [0.3, 0.4) is 0 Å². The van der Waals surface area contributed by atoms with Crippen molar-refractivity contribution >= 4 is 85.6 Å². The Morgan fingerprint density at radius 3 is 1.89 bits per heavy atom. The first-order chi connectivity index (χ1) is 21.9. The number of hydrogen-bond donors (Lipinski definition) is 0. The summed E-state index contributed by atoms with van der Waals surface area (Å²) in [6.45, 7) is 0. The Morgan fingerprint density at radius 2 is 1.05 bits per heavy atom. The van der Waals surface area contributed by atoms with E-state index in [0.29, 0.717) is 0 Å². The number of benzene rings is 8. The standard InChI is InChI=1S/C42H25NS/c1-2-12-27(13-3-1)29-21-11-22-34-38-37(44-42(29)34)25-24-36-40(38)39-32-19-8-6-17-30(32)31-18-7-9-20-33(31)41(39)43(36)35-23-10-15-26-14-4-5-16-28(26)35/h1-25H. The zero-order valence-corrected chi connectivity index (χ0v) is 24.6. The van der Waals surface area contributed by atoms with E-state index in [-0.39, 0.29) is 0 Å². The van der Waals surface area contributed by atoms with Gasteiger partial charge < -0.3 is 4.57 Å². The van der Waals surface area contributed by atoms with Gasteiger partial charge in [0.25, 0.3) is 0 Å². The van der Waals surface area contributed by atoms with E-state index in [1.807, 2.05) is 11.3 Å². The van der Waals surface area contributed by atoms with Crippen LogP contribution in [0.4, 0.5) is 0 Å². The molecule has 0 bridgehead atoms. The summed E-state index contributed by atoms with van der Waals surface area (Å²) < 4.78 is 5.22. The predicted molar refractivity (Wildman–Crippen MR) is 192 cm³/mol. The van der Waals surface area contributed by atoms with Crippen LogP contribution in [0.5, 0.6) is 0 Å². The van der Waals surface area contributed by atoms with Crippen LogP contribution in [-0.4, -0.2) is 4.57 Å². The van der Waals surface area contributed by atoms with Crippen molar-refractivity contribution in [1.29, 1.82) is 0 Å². The summed E-state index contributed by atoms with van der Waals surface area (Å²) in [6, 6.07) is 55.7. The number of thiophene rings is 1. The molecule has 0 fully saturated rings. The molecule has 2 heteroatoms. The summed E-state index contributed by atoms with van der Waals surface area (Å²) in [7, 11) is 0. The fourth-order valence-electron chi connectivity index (χ4n) is 7.55. The number of rotatable bonds is 2. The largest absolute Gasteiger partial charge is 0.308 e. The van der Waals surface area contributed by atoms with Gasteiger partial charge in [-0.25, -0.2) is 0 Å². The molecule has 10 aromatic rings. The predicted octanol–water partition coefficient (Wildman–Crippen LogP) is 12.3. The molecule has 0 amide bonds. The van der Waals surface area contributed by atoms with E-state index < -0.39 is 0 Å². The van der Waals surface area contributed by atoms with Crippen LogP contribution in [0.2, 0.25) is 0 Å². The topological polar surface area (TPSA) is 4.93 Å². The van der Waals surface area contributed by atoms with E-state index in [1.165, 1.54) is 91.1 Å². The third-order valence-electron chi connectivity index (χ3n) is 9.35. The summed E-state index contributed by atoms with van der Waals surface area (Å²) in [5, 5.41) is 13.0. The minimum atomic E-state index is 1.22. The summed E-state index contributed by atoms with van der Waals surface area (Å²) in [5.74, 6) is 0. The molecule has 204 valence electrons. The first kappa shape index (κ1) is 24.0. The highest BCUT2D eigenvalue weighted by molar-refractivity contribution is 7.26. The van der Waals surface area contributed by atoms with Crippen molar-refractivity contribution in [3.8, 4) is 16.8 Å². The third-order valence-corrected chi connectivity index (χ3v) is 10.6. The summed E-state index contributed by atoms with van der Waals surface area (Å²) in [4.78, 5) is 0. The van der Waals surface area contributed by atoms with Gasteiger partial charge in [0, 0.05) is 41.7 Å². The number of hydrogen-bond acceptors (Lipinski definition) is 1. The lowest BCUT2D eigenvalue weighted by Crippen LogP contribution is -1.96. The van der Waals surface area contributed by atoms with E-state index in [2.05, 4.69) is 156 Å². The van der Waals surface area contributed by atoms with Gasteiger partial charge in [-0.15, -0.1) is 11.3 Å². The van der Waals surface area contributed by atoms with E-state index in [1.54, 1.807) is 0 Å². The maximum atomic E-state index is 2.55. The summed E-state index contributed by atoms with van der Waals surface area (Å²) in [6.07, 6.45) is 0. The molecule has 44 heavy (non-hydrogen) atoms. The molecule has 10 rings (SSSR count). The van der Waals surface area contributed by atoms with Crippen molar-refractivity contribution in [2.24, 2.45) is 0 Å². The monoisotopic (exact) mass is 575 g/mol. The molecule has 0 spiro atoms. The zero-order chi connectivity index (χ0) is 28.8. The molecule has 1 nitrogen and oxygen atoms in total. The van der Waals surface area contributed by atoms with Crippen LogP contribution in [-0.2, 0) is 0 Å². The zero-order valence-electron chi connectivity index (χ0n) is 23.8. The average Bonchev–Trinajstić information content (AvgIpc) is 3.65. The van der Waals surface area contributed by atoms with Gasteiger partial charge in [-0.1, -0.05) is 133 Å². The Labute approximate surface area is 257 Å². The summed E-state index contributed by atoms with van der Waals surface area (Å²) >= 11 is 1.91. The van der Waals surface area contributed by atoms with Crippen LogP contribution in [0.1, 0.15) is 0 Å². The second-order valence-electron chi connectivity index (χ2n) is 11.6. The fraction of sp³-hybridized carbons (Fsp3) is 0. The highest BCUT2D eigenvalue weighted by atomic mass is 32.1. The molecule has 0 unspecified atom stereocenters. The third kappa shape index (κ3) is 3.18. The highest BCUT2D eigenvalue weighted by Gasteiger charge is 2.23. The van der Waals surface area contributed by atoms with Gasteiger partial charge in [0.1, 0.15) is 0 Å². The van der Waals surface area contributed by atoms with Gasteiger partial charge in [0.15, 0.2) is 0 Å². The lowest BCUT2D eigenvalue weighted by atomic mass is 9.95. The quantitative estimate of drug-likeness (QED) is 0.181. The minimum absolute atomic E-state index is 1.22. The van der Waals surface area contributed by atoms with Crippen LogP contribution in [0.15, 0.2) is 152 Å². The van der Waals surface area contributed by atoms with Crippen LogP contribution in [0, 0.1) is 0 Å². The first-order valence-corrected chi connectivity index (χ1v) is 15.9. The van der Waals surface area contributed by atoms with Crippen LogP contribution in [0.25, 0.3) is 91.1 Å². The maximum Gasteiger partial charge on any atom is 0.0626 e. The SMILES string of the molecule is c1ccc(-c2cccc3c2sc2ccc4c(c23)c2c3ccccc3c3ccccc3c2n4-c2cccc3ccccc23)cc1. The van der Waals surface area contributed by atoms with Crippen molar-refractivity contribution in [2.45, 2.75) is 0 Å². The van der Waals surface area contributed by atoms with E-state index in [9.17, 15) is 0 Å². The van der Waals surface area contributed by atoms with Gasteiger partial charge in [-0.3, -0.25) is 0 Å². The highest BCUT2D eigenvalue weighted by Crippen LogP contribution is 2.49. The number of fused-ring (bicyclic) bond motifs is 13. The molecule has 0 aliphatic carbocycles. The van der Waals surface area contributed by atoms with E-state index in [0.717, 1.165) is 0 Å². The fourth-order valence-corrected chi connectivity index (χ4v) is 8.79. The molecular formula is C42H25NS. The van der Waals surface area contributed by atoms with Crippen molar-refractivity contribution in [1.82, 2.24) is 4.57 Å². The Kier molecular flexibility index (Phi) is 4.94. The second kappa shape index (κ2) is 9.03. The van der Waals surface area contributed by atoms with Crippen molar-refractivity contribution < 1.29 is 0 Å². The molecule has 0 saturated heterocycles. The second-order valence-corrected chi connectivity index (χ2v) is 12.7. The Morgan fingerprint density at radius 1 is 0.409 bits per heavy atom. The lowest BCUT2D eigenvalue weighted by molar-refractivity contribution is 1.21. The summed E-state index contributed by atoms with van der Waals surface area (Å²) in [5.41, 5.74) is 6.29. The first-order valence-electron chi connectivity index (χ1n) is 15.1. The van der Waals surface area contributed by atoms with Gasteiger partial charge in [-0.2, -0.15) is 0 Å². The van der Waals surface area contributed by atoms with Gasteiger partial charge in [0.05, 0.1) is 16.7 Å². The molecule has 0 atom stereocenters. The molecule has 0 saturated carbocycles. The van der Waals surface area contributed by atoms with Gasteiger partial charge >= 0.3 is 0 Å². The Hall–Kier alpha value is -5.44. The van der Waals surface area contributed by atoms with Crippen LogP contribution < -0.4 is 0 Å². The van der Waals surface area contributed by atoms with Gasteiger partial charge in [-0.05, 0) is 50.9 Å². The lowest BCUT2D eigenvalue weighted by Gasteiger charge is -2.14. The van der Waals surface area contributed by atoms with Crippen molar-refractivity contribution in [2.75, 3.05) is 0 Å².